The van der Waals surface area contributed by atoms with Crippen molar-refractivity contribution < 1.29 is 18.0 Å². The SMILES string of the molecule is O=C(c1cnn(-c2ccc(Cl)cc2)c1C(F)(F)F)N1CCN(c2ccccc2)CC1. The van der Waals surface area contributed by atoms with Gasteiger partial charge in [0.15, 0.2) is 5.69 Å². The van der Waals surface area contributed by atoms with Gasteiger partial charge in [0.05, 0.1) is 17.4 Å². The van der Waals surface area contributed by atoms with E-state index in [1.54, 1.807) is 0 Å². The van der Waals surface area contributed by atoms with Gasteiger partial charge in [-0.25, -0.2) is 4.68 Å². The molecule has 2 heterocycles. The molecule has 2 aromatic carbocycles. The minimum Gasteiger partial charge on any atom is -0.368 e. The molecule has 1 amide bonds. The fraction of sp³-hybridized carbons (Fsp3) is 0.238. The number of halogens is 4. The monoisotopic (exact) mass is 434 g/mol. The molecular weight excluding hydrogens is 417 g/mol. The lowest BCUT2D eigenvalue weighted by Gasteiger charge is -2.36. The van der Waals surface area contributed by atoms with Gasteiger partial charge in [-0.2, -0.15) is 18.3 Å². The van der Waals surface area contributed by atoms with Crippen molar-refractivity contribution in [2.75, 3.05) is 31.1 Å². The Morgan fingerprint density at radius 3 is 2.13 bits per heavy atom. The molecular formula is C21H18ClF3N4O. The van der Waals surface area contributed by atoms with E-state index < -0.39 is 23.3 Å². The Morgan fingerprint density at radius 2 is 1.53 bits per heavy atom. The van der Waals surface area contributed by atoms with E-state index in [1.807, 2.05) is 30.3 Å². The van der Waals surface area contributed by atoms with Crippen molar-refractivity contribution >= 4 is 23.2 Å². The van der Waals surface area contributed by atoms with Crippen molar-refractivity contribution in [1.82, 2.24) is 14.7 Å². The molecule has 0 radical (unpaired) electrons. The lowest BCUT2D eigenvalue weighted by atomic mass is 10.1. The number of anilines is 1. The molecule has 3 aromatic rings. The van der Waals surface area contributed by atoms with Crippen LogP contribution in [0.4, 0.5) is 18.9 Å². The number of hydrogen-bond donors (Lipinski definition) is 0. The summed E-state index contributed by atoms with van der Waals surface area (Å²) in [6.07, 6.45) is -3.75. The molecule has 9 heteroatoms. The highest BCUT2D eigenvalue weighted by atomic mass is 35.5. The molecule has 0 unspecified atom stereocenters. The number of rotatable bonds is 3. The Hall–Kier alpha value is -3.00. The number of nitrogens with zero attached hydrogens (tertiary/aromatic N) is 4. The number of para-hydroxylation sites is 1. The average Bonchev–Trinajstić information content (AvgIpc) is 3.20. The summed E-state index contributed by atoms with van der Waals surface area (Å²) in [5.74, 6) is -0.671. The van der Waals surface area contributed by atoms with Gasteiger partial charge >= 0.3 is 6.18 Å². The summed E-state index contributed by atoms with van der Waals surface area (Å²) in [5.41, 5.74) is -0.332. The standard InChI is InChI=1S/C21H18ClF3N4O/c22-15-6-8-17(9-7-15)29-19(21(23,24)25)18(14-26-29)20(30)28-12-10-27(11-13-28)16-4-2-1-3-5-16/h1-9,14H,10-13H2. The molecule has 0 aliphatic carbocycles. The third-order valence-electron chi connectivity index (χ3n) is 5.03. The highest BCUT2D eigenvalue weighted by Crippen LogP contribution is 2.34. The van der Waals surface area contributed by atoms with Crippen LogP contribution in [0.2, 0.25) is 5.02 Å². The topological polar surface area (TPSA) is 41.4 Å². The molecule has 0 bridgehead atoms. The minimum atomic E-state index is -4.74. The Bertz CT molecular complexity index is 1030. The predicted molar refractivity (Wildman–Crippen MR) is 108 cm³/mol. The van der Waals surface area contributed by atoms with Crippen LogP contribution in [0.3, 0.4) is 0 Å². The average molecular weight is 435 g/mol. The molecule has 0 atom stereocenters. The van der Waals surface area contributed by atoms with Crippen LogP contribution in [-0.4, -0.2) is 46.8 Å². The Kier molecular flexibility index (Phi) is 5.42. The molecule has 0 saturated carbocycles. The van der Waals surface area contributed by atoms with Crippen LogP contribution in [0.5, 0.6) is 0 Å². The fourth-order valence-corrected chi connectivity index (χ4v) is 3.66. The largest absolute Gasteiger partial charge is 0.434 e. The molecule has 1 fully saturated rings. The van der Waals surface area contributed by atoms with Gasteiger partial charge in [-0.15, -0.1) is 0 Å². The zero-order chi connectivity index (χ0) is 21.3. The van der Waals surface area contributed by atoms with Crippen LogP contribution >= 0.6 is 11.6 Å². The molecule has 1 saturated heterocycles. The van der Waals surface area contributed by atoms with Crippen molar-refractivity contribution in [1.29, 1.82) is 0 Å². The Balaban J connectivity index is 1.58. The van der Waals surface area contributed by atoms with E-state index >= 15 is 0 Å². The van der Waals surface area contributed by atoms with Gasteiger partial charge in [0.25, 0.3) is 5.91 Å². The third kappa shape index (κ3) is 4.00. The predicted octanol–water partition coefficient (Wildman–Crippen LogP) is 4.51. The van der Waals surface area contributed by atoms with Gasteiger partial charge in [0.1, 0.15) is 0 Å². The van der Waals surface area contributed by atoms with Gasteiger partial charge in [-0.05, 0) is 36.4 Å². The normalized spacial score (nSPS) is 14.8. The van der Waals surface area contributed by atoms with Crippen LogP contribution in [0.1, 0.15) is 16.1 Å². The maximum Gasteiger partial charge on any atom is 0.434 e. The second-order valence-electron chi connectivity index (χ2n) is 6.91. The quantitative estimate of drug-likeness (QED) is 0.609. The zero-order valence-electron chi connectivity index (χ0n) is 15.8. The van der Waals surface area contributed by atoms with E-state index in [0.29, 0.717) is 31.2 Å². The number of carbonyl (C=O) groups excluding carboxylic acids is 1. The van der Waals surface area contributed by atoms with Crippen molar-refractivity contribution in [2.45, 2.75) is 6.18 Å². The van der Waals surface area contributed by atoms with Gasteiger partial charge in [0.2, 0.25) is 0 Å². The second-order valence-corrected chi connectivity index (χ2v) is 7.34. The second kappa shape index (κ2) is 8.02. The first-order valence-corrected chi connectivity index (χ1v) is 9.73. The van der Waals surface area contributed by atoms with E-state index in [2.05, 4.69) is 10.00 Å². The first kappa shape index (κ1) is 20.3. The van der Waals surface area contributed by atoms with Crippen LogP contribution in [0, 0.1) is 0 Å². The van der Waals surface area contributed by atoms with Crippen molar-refractivity contribution in [3.05, 3.63) is 77.1 Å². The van der Waals surface area contributed by atoms with E-state index in [0.717, 1.165) is 16.6 Å². The lowest BCUT2D eigenvalue weighted by molar-refractivity contribution is -0.143. The molecule has 0 N–H and O–H groups in total. The van der Waals surface area contributed by atoms with Crippen molar-refractivity contribution in [3.8, 4) is 5.69 Å². The summed E-state index contributed by atoms with van der Waals surface area (Å²) in [4.78, 5) is 16.5. The molecule has 4 rings (SSSR count). The molecule has 0 spiro atoms. The molecule has 5 nitrogen and oxygen atoms in total. The first-order chi connectivity index (χ1) is 14.3. The van der Waals surface area contributed by atoms with Gasteiger partial charge in [-0.3, -0.25) is 4.79 Å². The summed E-state index contributed by atoms with van der Waals surface area (Å²) >= 11 is 5.83. The summed E-state index contributed by atoms with van der Waals surface area (Å²) < 4.78 is 42.3. The fourth-order valence-electron chi connectivity index (χ4n) is 3.53. The van der Waals surface area contributed by atoms with Crippen LogP contribution in [-0.2, 0) is 6.18 Å². The van der Waals surface area contributed by atoms with E-state index in [4.69, 9.17) is 11.6 Å². The Labute approximate surface area is 176 Å². The molecule has 156 valence electrons. The highest BCUT2D eigenvalue weighted by molar-refractivity contribution is 6.30. The number of carbonyl (C=O) groups is 1. The molecule has 1 aliphatic heterocycles. The number of hydrogen-bond acceptors (Lipinski definition) is 3. The summed E-state index contributed by atoms with van der Waals surface area (Å²) in [7, 11) is 0. The highest BCUT2D eigenvalue weighted by Gasteiger charge is 2.41. The third-order valence-corrected chi connectivity index (χ3v) is 5.28. The first-order valence-electron chi connectivity index (χ1n) is 9.35. The van der Waals surface area contributed by atoms with Crippen molar-refractivity contribution in [3.63, 3.8) is 0 Å². The van der Waals surface area contributed by atoms with Crippen LogP contribution in [0.15, 0.2) is 60.8 Å². The van der Waals surface area contributed by atoms with Crippen LogP contribution in [0.25, 0.3) is 5.69 Å². The number of alkyl halides is 3. The maximum atomic E-state index is 13.9. The smallest absolute Gasteiger partial charge is 0.368 e. The van der Waals surface area contributed by atoms with E-state index in [-0.39, 0.29) is 5.69 Å². The number of benzene rings is 2. The number of aromatic nitrogens is 2. The van der Waals surface area contributed by atoms with Crippen LogP contribution < -0.4 is 4.90 Å². The van der Waals surface area contributed by atoms with Gasteiger partial charge < -0.3 is 9.80 Å². The van der Waals surface area contributed by atoms with Crippen molar-refractivity contribution in [2.24, 2.45) is 0 Å². The number of piperazine rings is 1. The lowest BCUT2D eigenvalue weighted by Crippen LogP contribution is -2.49. The molecule has 30 heavy (non-hydrogen) atoms. The number of amides is 1. The Morgan fingerprint density at radius 1 is 0.900 bits per heavy atom. The maximum absolute atomic E-state index is 13.9. The zero-order valence-corrected chi connectivity index (χ0v) is 16.6. The summed E-state index contributed by atoms with van der Waals surface area (Å²) in [5, 5.41) is 4.25. The molecule has 1 aliphatic rings. The summed E-state index contributed by atoms with van der Waals surface area (Å²) in [6, 6.07) is 15.5. The van der Waals surface area contributed by atoms with E-state index in [1.165, 1.54) is 29.2 Å². The van der Waals surface area contributed by atoms with Gasteiger partial charge in [0, 0.05) is 36.9 Å². The van der Waals surface area contributed by atoms with E-state index in [9.17, 15) is 18.0 Å². The summed E-state index contributed by atoms with van der Waals surface area (Å²) in [6.45, 7) is 1.75. The minimum absolute atomic E-state index is 0.180. The molecule has 1 aromatic heterocycles. The van der Waals surface area contributed by atoms with Gasteiger partial charge in [-0.1, -0.05) is 29.8 Å².